The van der Waals surface area contributed by atoms with E-state index in [-0.39, 0.29) is 0 Å². The predicted molar refractivity (Wildman–Crippen MR) is 217 cm³/mol. The molecule has 8 bridgehead atoms. The highest BCUT2D eigenvalue weighted by molar-refractivity contribution is 6.03. The van der Waals surface area contributed by atoms with Crippen molar-refractivity contribution in [2.45, 2.75) is 27.7 Å². The second-order valence-corrected chi connectivity index (χ2v) is 13.7. The molecule has 2 N–H and O–H groups in total. The van der Waals surface area contributed by atoms with Gasteiger partial charge in [-0.15, -0.1) is 0 Å². The van der Waals surface area contributed by atoms with Crippen molar-refractivity contribution in [1.82, 2.24) is 19.9 Å². The Kier molecular flexibility index (Phi) is 7.66. The molecule has 0 amide bonds. The monoisotopic (exact) mass is 670 g/mol. The van der Waals surface area contributed by atoms with Gasteiger partial charge in [-0.3, -0.25) is 0 Å². The number of benzene rings is 4. The van der Waals surface area contributed by atoms with Crippen molar-refractivity contribution >= 4 is 44.4 Å². The molecule has 250 valence electrons. The van der Waals surface area contributed by atoms with Gasteiger partial charge < -0.3 is 9.97 Å². The minimum Gasteiger partial charge on any atom is -0.355 e. The Bertz CT molecular complexity index is 2540. The number of aromatic amines is 2. The van der Waals surface area contributed by atoms with Crippen LogP contribution in [0.1, 0.15) is 58.9 Å². The molecule has 0 fully saturated rings. The Morgan fingerprint density at radius 2 is 0.654 bits per heavy atom. The molecule has 0 aliphatic carbocycles. The van der Waals surface area contributed by atoms with Crippen LogP contribution in [0.3, 0.4) is 0 Å². The highest BCUT2D eigenvalue weighted by Gasteiger charge is 2.23. The molecule has 0 atom stereocenters. The third-order valence-electron chi connectivity index (χ3n) is 10.5. The molecule has 0 spiro atoms. The number of nitrogens with zero attached hydrogens (tertiary/aromatic N) is 2. The Morgan fingerprint density at radius 1 is 0.346 bits per heavy atom. The summed E-state index contributed by atoms with van der Waals surface area (Å²) in [6, 6.07) is 51.4. The number of aryl methyl sites for hydroxylation is 2. The molecule has 9 rings (SSSR count). The molecule has 3 aromatic heterocycles. The van der Waals surface area contributed by atoms with Crippen LogP contribution in [0.25, 0.3) is 66.6 Å². The Labute approximate surface area is 303 Å². The number of hydrogen-bond donors (Lipinski definition) is 2. The van der Waals surface area contributed by atoms with E-state index in [1.165, 1.54) is 22.3 Å². The van der Waals surface area contributed by atoms with Gasteiger partial charge >= 0.3 is 0 Å². The number of nitrogens with one attached hydrogen (secondary N) is 2. The molecule has 5 heterocycles. The van der Waals surface area contributed by atoms with Crippen LogP contribution in [-0.2, 0) is 0 Å². The topological polar surface area (TPSA) is 57.4 Å². The molecule has 2 aliphatic heterocycles. The van der Waals surface area contributed by atoms with Crippen LogP contribution in [0.5, 0.6) is 0 Å². The molecule has 2 aliphatic rings. The number of aromatic nitrogens is 4. The van der Waals surface area contributed by atoms with Gasteiger partial charge in [0.05, 0.1) is 22.8 Å². The van der Waals surface area contributed by atoms with E-state index in [2.05, 4.69) is 183 Å². The first-order valence-electron chi connectivity index (χ1n) is 17.8. The molecular weight excluding hydrogens is 633 g/mol. The van der Waals surface area contributed by atoms with Crippen molar-refractivity contribution in [2.75, 3.05) is 0 Å². The van der Waals surface area contributed by atoms with E-state index in [4.69, 9.17) is 9.97 Å². The zero-order valence-corrected chi connectivity index (χ0v) is 29.8. The van der Waals surface area contributed by atoms with Crippen LogP contribution >= 0.6 is 0 Å². The van der Waals surface area contributed by atoms with Gasteiger partial charge in [0, 0.05) is 44.3 Å². The lowest BCUT2D eigenvalue weighted by Crippen LogP contribution is -1.86. The molecule has 7 aromatic rings. The molecular formula is C48H38N4. The van der Waals surface area contributed by atoms with Gasteiger partial charge in [0.1, 0.15) is 0 Å². The van der Waals surface area contributed by atoms with Gasteiger partial charge in [-0.05, 0) is 96.5 Å². The standard InChI is InChI=1S/C48H38N4/c1-29-37-25-42-46(34-19-11-6-12-20-34)31(3)39(50-42)27-44-48(36-23-15-8-16-24-36)32(4)40(52-44)28-43-47(35-21-13-7-14-22-35)30(2)38(51-43)26-41(49-37)45(29)33-17-9-5-10-18-33/h5-28,49,52H,1-4H3. The van der Waals surface area contributed by atoms with Crippen molar-refractivity contribution in [3.8, 4) is 22.3 Å². The third kappa shape index (κ3) is 5.32. The summed E-state index contributed by atoms with van der Waals surface area (Å²) in [5, 5.41) is 0. The summed E-state index contributed by atoms with van der Waals surface area (Å²) in [6.45, 7) is 8.79. The van der Waals surface area contributed by atoms with E-state index in [0.29, 0.717) is 0 Å². The van der Waals surface area contributed by atoms with E-state index < -0.39 is 0 Å². The summed E-state index contributed by atoms with van der Waals surface area (Å²) in [6.07, 6.45) is 0. The van der Waals surface area contributed by atoms with E-state index in [1.807, 2.05) is 0 Å². The number of fused-ring (bicyclic) bond motifs is 8. The van der Waals surface area contributed by atoms with Gasteiger partial charge in [0.15, 0.2) is 0 Å². The second kappa shape index (κ2) is 12.7. The zero-order valence-electron chi connectivity index (χ0n) is 29.8. The fraction of sp³-hybridized carbons (Fsp3) is 0.0833. The first kappa shape index (κ1) is 31.5. The molecule has 0 saturated carbocycles. The Balaban J connectivity index is 1.46. The zero-order chi connectivity index (χ0) is 35.3. The fourth-order valence-electron chi connectivity index (χ4n) is 7.89. The normalized spacial score (nSPS) is 12.8. The van der Waals surface area contributed by atoms with E-state index >= 15 is 0 Å². The van der Waals surface area contributed by atoms with Crippen LogP contribution in [0, 0.1) is 13.8 Å². The van der Waals surface area contributed by atoms with Crippen LogP contribution in [0.4, 0.5) is 0 Å². The van der Waals surface area contributed by atoms with Gasteiger partial charge in [0.2, 0.25) is 0 Å². The number of H-pyrrole nitrogens is 2. The molecule has 0 radical (unpaired) electrons. The molecule has 4 nitrogen and oxygen atoms in total. The molecule has 4 heteroatoms. The van der Waals surface area contributed by atoms with E-state index in [1.54, 1.807) is 0 Å². The Morgan fingerprint density at radius 3 is 1.00 bits per heavy atom. The van der Waals surface area contributed by atoms with Gasteiger partial charge in [-0.1, -0.05) is 121 Å². The Hall–Kier alpha value is -6.52. The third-order valence-corrected chi connectivity index (χ3v) is 10.5. The number of rotatable bonds is 4. The van der Waals surface area contributed by atoms with Crippen molar-refractivity contribution < 1.29 is 0 Å². The lowest BCUT2D eigenvalue weighted by atomic mass is 9.96. The van der Waals surface area contributed by atoms with Crippen LogP contribution in [0.2, 0.25) is 0 Å². The summed E-state index contributed by atoms with van der Waals surface area (Å²) >= 11 is 0. The van der Waals surface area contributed by atoms with Gasteiger partial charge in [-0.2, -0.15) is 0 Å². The van der Waals surface area contributed by atoms with Crippen molar-refractivity contribution in [2.24, 2.45) is 0 Å². The highest BCUT2D eigenvalue weighted by Crippen LogP contribution is 2.41. The van der Waals surface area contributed by atoms with Crippen molar-refractivity contribution in [3.63, 3.8) is 0 Å². The summed E-state index contributed by atoms with van der Waals surface area (Å²) in [5.41, 5.74) is 21.7. The molecule has 4 aromatic carbocycles. The van der Waals surface area contributed by atoms with Crippen LogP contribution < -0.4 is 0 Å². The maximum atomic E-state index is 5.39. The SMILES string of the molecule is CC1=C(c2ccccc2)c2cc3[nH]c(cc4nc(cc5[nH]c(cc1n2)c(-c1ccccc1)c5C)C(c1ccccc1)=C4C)c(-c1ccccc1)c3C. The maximum absolute atomic E-state index is 5.39. The van der Waals surface area contributed by atoms with Crippen molar-refractivity contribution in [1.29, 1.82) is 0 Å². The highest BCUT2D eigenvalue weighted by atomic mass is 14.8. The van der Waals surface area contributed by atoms with Crippen LogP contribution in [0.15, 0.2) is 146 Å². The summed E-state index contributed by atoms with van der Waals surface area (Å²) in [7, 11) is 0. The number of allylic oxidation sites excluding steroid dienone is 2. The number of hydrogen-bond acceptors (Lipinski definition) is 2. The largest absolute Gasteiger partial charge is 0.355 e. The van der Waals surface area contributed by atoms with Crippen molar-refractivity contribution in [3.05, 3.63) is 191 Å². The maximum Gasteiger partial charge on any atom is 0.0739 e. The van der Waals surface area contributed by atoms with Gasteiger partial charge in [-0.25, -0.2) is 9.97 Å². The lowest BCUT2D eigenvalue weighted by molar-refractivity contribution is 1.29. The average molecular weight is 671 g/mol. The quantitative estimate of drug-likeness (QED) is 0.196. The minimum atomic E-state index is 0.935. The second-order valence-electron chi connectivity index (χ2n) is 13.7. The smallest absolute Gasteiger partial charge is 0.0739 e. The summed E-state index contributed by atoms with van der Waals surface area (Å²) < 4.78 is 0. The first-order valence-corrected chi connectivity index (χ1v) is 17.8. The summed E-state index contributed by atoms with van der Waals surface area (Å²) in [5.74, 6) is 0. The molecule has 0 saturated heterocycles. The summed E-state index contributed by atoms with van der Waals surface area (Å²) in [4.78, 5) is 18.4. The molecule has 0 unspecified atom stereocenters. The average Bonchev–Trinajstić information content (AvgIpc) is 3.86. The van der Waals surface area contributed by atoms with E-state index in [9.17, 15) is 0 Å². The lowest BCUT2D eigenvalue weighted by Gasteiger charge is -2.05. The van der Waals surface area contributed by atoms with Gasteiger partial charge in [0.25, 0.3) is 0 Å². The first-order chi connectivity index (χ1) is 25.4. The predicted octanol–water partition coefficient (Wildman–Crippen LogP) is 12.2. The van der Waals surface area contributed by atoms with Crippen LogP contribution in [-0.4, -0.2) is 19.9 Å². The fourth-order valence-corrected chi connectivity index (χ4v) is 7.89. The minimum absolute atomic E-state index is 0.935. The molecule has 52 heavy (non-hydrogen) atoms. The van der Waals surface area contributed by atoms with E-state index in [0.717, 1.165) is 89.4 Å².